The summed E-state index contributed by atoms with van der Waals surface area (Å²) in [6.07, 6.45) is 6.04. The Hall–Kier alpha value is -2.10. The predicted molar refractivity (Wildman–Crippen MR) is 60.1 cm³/mol. The van der Waals surface area contributed by atoms with Crippen molar-refractivity contribution in [3.05, 3.63) is 42.5 Å². The highest BCUT2D eigenvalue weighted by atomic mass is 16.5. The van der Waals surface area contributed by atoms with Crippen LogP contribution in [0.5, 0.6) is 5.75 Å². The van der Waals surface area contributed by atoms with Crippen molar-refractivity contribution in [1.82, 2.24) is 9.55 Å². The van der Waals surface area contributed by atoms with E-state index in [4.69, 9.17) is 4.74 Å². The molecule has 82 valence electrons. The summed E-state index contributed by atoms with van der Waals surface area (Å²) in [6.45, 7) is 2.42. The molecular weight excluding hydrogens is 204 g/mol. The van der Waals surface area contributed by atoms with Crippen molar-refractivity contribution in [2.75, 3.05) is 6.61 Å². The fourth-order valence-electron chi connectivity index (χ4n) is 1.47. The summed E-state index contributed by atoms with van der Waals surface area (Å²) in [7, 11) is 0. The van der Waals surface area contributed by atoms with Gasteiger partial charge in [0, 0.05) is 18.5 Å². The molecule has 2 aromatic rings. The number of hydrogen-bond donors (Lipinski definition) is 0. The predicted octanol–water partition coefficient (Wildman–Crippen LogP) is 2.08. The van der Waals surface area contributed by atoms with Crippen molar-refractivity contribution in [2.24, 2.45) is 0 Å². The van der Waals surface area contributed by atoms with Crippen LogP contribution in [0.15, 0.2) is 36.9 Å². The molecule has 4 nitrogen and oxygen atoms in total. The lowest BCUT2D eigenvalue weighted by Gasteiger charge is -2.08. The van der Waals surface area contributed by atoms with Gasteiger partial charge in [0.1, 0.15) is 5.75 Å². The van der Waals surface area contributed by atoms with Crippen molar-refractivity contribution in [3.8, 4) is 11.4 Å². The standard InChI is InChI=1S/C12H12N2O2/c1-2-16-12-7-11(4-3-10(12)8-15)14-6-5-13-9-14/h3-9H,2H2,1H3. The third-order valence-electron chi connectivity index (χ3n) is 2.23. The lowest BCUT2D eigenvalue weighted by Crippen LogP contribution is -1.98. The van der Waals surface area contributed by atoms with Gasteiger partial charge in [-0.3, -0.25) is 4.79 Å². The van der Waals surface area contributed by atoms with E-state index in [1.165, 1.54) is 0 Å². The number of imidazole rings is 1. The van der Waals surface area contributed by atoms with E-state index in [0.717, 1.165) is 12.0 Å². The molecule has 0 saturated heterocycles. The second-order valence-corrected chi connectivity index (χ2v) is 3.24. The molecule has 1 aromatic carbocycles. The van der Waals surface area contributed by atoms with Gasteiger partial charge in [-0.25, -0.2) is 4.98 Å². The minimum absolute atomic E-state index is 0.536. The average molecular weight is 216 g/mol. The van der Waals surface area contributed by atoms with Crippen LogP contribution in [-0.4, -0.2) is 22.4 Å². The number of ether oxygens (including phenoxy) is 1. The Bertz CT molecular complexity index is 478. The Kier molecular flexibility index (Phi) is 3.00. The molecule has 0 atom stereocenters. The van der Waals surface area contributed by atoms with Gasteiger partial charge in [0.15, 0.2) is 6.29 Å². The van der Waals surface area contributed by atoms with Crippen molar-refractivity contribution >= 4 is 6.29 Å². The van der Waals surface area contributed by atoms with Crippen LogP contribution in [0.25, 0.3) is 5.69 Å². The summed E-state index contributed by atoms with van der Waals surface area (Å²) in [6, 6.07) is 5.43. The number of carbonyl (C=O) groups is 1. The molecule has 0 N–H and O–H groups in total. The Labute approximate surface area is 93.5 Å². The van der Waals surface area contributed by atoms with Crippen LogP contribution in [0.1, 0.15) is 17.3 Å². The molecule has 0 aliphatic rings. The quantitative estimate of drug-likeness (QED) is 0.735. The number of rotatable bonds is 4. The molecule has 0 fully saturated rings. The molecule has 16 heavy (non-hydrogen) atoms. The Morgan fingerprint density at radius 3 is 3.00 bits per heavy atom. The van der Waals surface area contributed by atoms with Crippen LogP contribution in [0.3, 0.4) is 0 Å². The number of carbonyl (C=O) groups excluding carboxylic acids is 1. The summed E-state index contributed by atoms with van der Waals surface area (Å²) in [5.74, 6) is 0.601. The number of aromatic nitrogens is 2. The average Bonchev–Trinajstić information content (AvgIpc) is 2.83. The number of aldehydes is 1. The molecule has 0 bridgehead atoms. The summed E-state index contributed by atoms with van der Waals surface area (Å²) in [5.41, 5.74) is 1.48. The van der Waals surface area contributed by atoms with E-state index in [-0.39, 0.29) is 0 Å². The number of hydrogen-bond acceptors (Lipinski definition) is 3. The fourth-order valence-corrected chi connectivity index (χ4v) is 1.47. The van der Waals surface area contributed by atoms with Crippen LogP contribution < -0.4 is 4.74 Å². The first-order valence-corrected chi connectivity index (χ1v) is 5.05. The normalized spacial score (nSPS) is 10.1. The highest BCUT2D eigenvalue weighted by Crippen LogP contribution is 2.21. The van der Waals surface area contributed by atoms with Crippen molar-refractivity contribution in [2.45, 2.75) is 6.92 Å². The molecule has 0 radical (unpaired) electrons. The maximum absolute atomic E-state index is 10.8. The van der Waals surface area contributed by atoms with Gasteiger partial charge >= 0.3 is 0 Å². The van der Waals surface area contributed by atoms with Crippen LogP contribution in [-0.2, 0) is 0 Å². The van der Waals surface area contributed by atoms with E-state index < -0.39 is 0 Å². The third kappa shape index (κ3) is 1.95. The lowest BCUT2D eigenvalue weighted by atomic mass is 10.2. The highest BCUT2D eigenvalue weighted by molar-refractivity contribution is 5.80. The van der Waals surface area contributed by atoms with E-state index in [9.17, 15) is 4.79 Å². The second kappa shape index (κ2) is 4.61. The molecule has 4 heteroatoms. The van der Waals surface area contributed by atoms with Crippen molar-refractivity contribution < 1.29 is 9.53 Å². The van der Waals surface area contributed by atoms with E-state index in [0.29, 0.717) is 17.9 Å². The smallest absolute Gasteiger partial charge is 0.153 e. The molecule has 0 spiro atoms. The molecule has 0 amide bonds. The molecule has 2 rings (SSSR count). The molecular formula is C12H12N2O2. The second-order valence-electron chi connectivity index (χ2n) is 3.24. The van der Waals surface area contributed by atoms with Gasteiger partial charge < -0.3 is 9.30 Å². The summed E-state index contributed by atoms with van der Waals surface area (Å²) < 4.78 is 7.26. The van der Waals surface area contributed by atoms with Gasteiger partial charge in [-0.05, 0) is 19.1 Å². The summed E-state index contributed by atoms with van der Waals surface area (Å²) >= 11 is 0. The van der Waals surface area contributed by atoms with Gasteiger partial charge in [0.05, 0.1) is 24.2 Å². The first-order valence-electron chi connectivity index (χ1n) is 5.05. The topological polar surface area (TPSA) is 44.1 Å². The van der Waals surface area contributed by atoms with Crippen molar-refractivity contribution in [1.29, 1.82) is 0 Å². The Morgan fingerprint density at radius 2 is 2.38 bits per heavy atom. The van der Waals surface area contributed by atoms with Gasteiger partial charge in [-0.1, -0.05) is 0 Å². The van der Waals surface area contributed by atoms with Gasteiger partial charge in [-0.15, -0.1) is 0 Å². The van der Waals surface area contributed by atoms with E-state index in [2.05, 4.69) is 4.98 Å². The molecule has 0 aliphatic heterocycles. The third-order valence-corrected chi connectivity index (χ3v) is 2.23. The Morgan fingerprint density at radius 1 is 1.50 bits per heavy atom. The van der Waals surface area contributed by atoms with Crippen LogP contribution >= 0.6 is 0 Å². The zero-order valence-corrected chi connectivity index (χ0v) is 8.96. The first kappa shape index (κ1) is 10.4. The van der Waals surface area contributed by atoms with E-state index in [1.807, 2.05) is 29.8 Å². The van der Waals surface area contributed by atoms with Crippen LogP contribution in [0.4, 0.5) is 0 Å². The minimum Gasteiger partial charge on any atom is -0.493 e. The lowest BCUT2D eigenvalue weighted by molar-refractivity contribution is 0.112. The van der Waals surface area contributed by atoms with Gasteiger partial charge in [-0.2, -0.15) is 0 Å². The number of benzene rings is 1. The molecule has 0 saturated carbocycles. The summed E-state index contributed by atoms with van der Waals surface area (Å²) in [4.78, 5) is 14.8. The summed E-state index contributed by atoms with van der Waals surface area (Å²) in [5, 5.41) is 0. The largest absolute Gasteiger partial charge is 0.493 e. The molecule has 1 aromatic heterocycles. The van der Waals surface area contributed by atoms with Crippen LogP contribution in [0, 0.1) is 0 Å². The fraction of sp³-hybridized carbons (Fsp3) is 0.167. The van der Waals surface area contributed by atoms with Gasteiger partial charge in [0.2, 0.25) is 0 Å². The molecule has 1 heterocycles. The minimum atomic E-state index is 0.536. The first-order chi connectivity index (χ1) is 7.85. The molecule has 0 unspecified atom stereocenters. The zero-order valence-electron chi connectivity index (χ0n) is 8.96. The van der Waals surface area contributed by atoms with E-state index in [1.54, 1.807) is 18.6 Å². The van der Waals surface area contributed by atoms with Crippen molar-refractivity contribution in [3.63, 3.8) is 0 Å². The zero-order chi connectivity index (χ0) is 11.4. The maximum atomic E-state index is 10.8. The van der Waals surface area contributed by atoms with Gasteiger partial charge in [0.25, 0.3) is 0 Å². The molecule has 0 aliphatic carbocycles. The monoisotopic (exact) mass is 216 g/mol. The Balaban J connectivity index is 2.42. The van der Waals surface area contributed by atoms with E-state index >= 15 is 0 Å². The number of nitrogens with zero attached hydrogens (tertiary/aromatic N) is 2. The SMILES string of the molecule is CCOc1cc(-n2ccnc2)ccc1C=O. The maximum Gasteiger partial charge on any atom is 0.153 e. The van der Waals surface area contributed by atoms with Crippen LogP contribution in [0.2, 0.25) is 0 Å². The highest BCUT2D eigenvalue weighted by Gasteiger charge is 2.04.